The molecule has 0 aliphatic carbocycles. The molecule has 13 rings (SSSR count). The molecule has 3 nitrogen and oxygen atoms in total. The Hall–Kier alpha value is -8.34. The first kappa shape index (κ1) is 43.7. The van der Waals surface area contributed by atoms with E-state index in [9.17, 15) is 0 Å². The molecule has 1 aromatic heterocycles. The van der Waals surface area contributed by atoms with Crippen LogP contribution in [0, 0.1) is 0 Å². The van der Waals surface area contributed by atoms with Gasteiger partial charge < -0.3 is 14.2 Å². The van der Waals surface area contributed by atoms with Gasteiger partial charge in [-0.25, -0.2) is 0 Å². The van der Waals surface area contributed by atoms with E-state index in [1.54, 1.807) is 0 Å². The van der Waals surface area contributed by atoms with Crippen LogP contribution in [-0.4, -0.2) is 6.71 Å². The lowest BCUT2D eigenvalue weighted by Gasteiger charge is -2.46. The molecule has 72 heavy (non-hydrogen) atoms. The van der Waals surface area contributed by atoms with E-state index in [0.29, 0.717) is 0 Å². The van der Waals surface area contributed by atoms with Gasteiger partial charge in [-0.05, 0) is 122 Å². The highest BCUT2D eigenvalue weighted by Gasteiger charge is 2.45. The van der Waals surface area contributed by atoms with E-state index >= 15 is 0 Å². The summed E-state index contributed by atoms with van der Waals surface area (Å²) in [6.45, 7) is 9.28. The largest absolute Gasteiger partial charge is 0.456 e. The summed E-state index contributed by atoms with van der Waals surface area (Å²) in [7, 11) is 0. The van der Waals surface area contributed by atoms with Crippen molar-refractivity contribution in [1.82, 2.24) is 0 Å². The maximum Gasteiger partial charge on any atom is 0.252 e. The fourth-order valence-corrected chi connectivity index (χ4v) is 11.6. The monoisotopic (exact) mass is 926 g/mol. The van der Waals surface area contributed by atoms with E-state index in [1.807, 2.05) is 0 Å². The number of rotatable bonds is 9. The minimum atomic E-state index is -0.190. The topological polar surface area (TPSA) is 19.6 Å². The maximum absolute atomic E-state index is 6.67. The number of benzene rings is 10. The van der Waals surface area contributed by atoms with Crippen LogP contribution in [0.4, 0.5) is 34.1 Å². The molecule has 346 valence electrons. The number of fused-ring (bicyclic) bond motifs is 7. The zero-order valence-electron chi connectivity index (χ0n) is 41.4. The highest BCUT2D eigenvalue weighted by atomic mass is 16.3. The van der Waals surface area contributed by atoms with Crippen LogP contribution in [0.3, 0.4) is 0 Å². The van der Waals surface area contributed by atoms with Gasteiger partial charge in [-0.3, -0.25) is 0 Å². The third-order valence-electron chi connectivity index (χ3n) is 15.2. The van der Waals surface area contributed by atoms with Crippen LogP contribution in [0.25, 0.3) is 66.4 Å². The summed E-state index contributed by atoms with van der Waals surface area (Å²) in [6, 6.07) is 83.5. The Morgan fingerprint density at radius 1 is 0.417 bits per heavy atom. The van der Waals surface area contributed by atoms with Gasteiger partial charge in [0.1, 0.15) is 11.2 Å². The van der Waals surface area contributed by atoms with E-state index < -0.39 is 0 Å². The molecule has 0 spiro atoms. The number of hydrogen-bond donors (Lipinski definition) is 0. The summed E-state index contributed by atoms with van der Waals surface area (Å²) in [5.74, 6) is 0. The Morgan fingerprint density at radius 2 is 0.931 bits per heavy atom. The molecule has 0 saturated heterocycles. The van der Waals surface area contributed by atoms with Crippen LogP contribution in [0.2, 0.25) is 0 Å². The molecule has 2 aliphatic rings. The van der Waals surface area contributed by atoms with Gasteiger partial charge >= 0.3 is 0 Å². The van der Waals surface area contributed by atoms with Crippen LogP contribution in [0.15, 0.2) is 229 Å². The fraction of sp³-hybridized carbons (Fsp3) is 0.118. The molecule has 2 aliphatic heterocycles. The average molecular weight is 927 g/mol. The quantitative estimate of drug-likeness (QED) is 0.135. The minimum Gasteiger partial charge on any atom is -0.456 e. The molecule has 0 atom stereocenters. The maximum atomic E-state index is 6.67. The molecule has 10 aromatic carbocycles. The van der Waals surface area contributed by atoms with Crippen molar-refractivity contribution in [3.8, 4) is 44.5 Å². The molecule has 0 saturated carbocycles. The lowest BCUT2D eigenvalue weighted by molar-refractivity contribution is 0.590. The van der Waals surface area contributed by atoms with E-state index in [-0.39, 0.29) is 12.1 Å². The van der Waals surface area contributed by atoms with Crippen LogP contribution < -0.4 is 26.2 Å². The lowest BCUT2D eigenvalue weighted by Crippen LogP contribution is -2.61. The normalized spacial score (nSPS) is 12.8. The molecule has 0 bridgehead atoms. The summed E-state index contributed by atoms with van der Waals surface area (Å²) in [5.41, 5.74) is 24.8. The molecular formula is C68H55BN2O. The van der Waals surface area contributed by atoms with Crippen molar-refractivity contribution in [1.29, 1.82) is 0 Å². The molecule has 0 unspecified atom stereocenters. The summed E-state index contributed by atoms with van der Waals surface area (Å²) in [5, 5.41) is 2.27. The Morgan fingerprint density at radius 3 is 1.49 bits per heavy atom. The van der Waals surface area contributed by atoms with Crippen molar-refractivity contribution in [2.24, 2.45) is 0 Å². The Balaban J connectivity index is 1.20. The van der Waals surface area contributed by atoms with Gasteiger partial charge in [0.05, 0.1) is 11.4 Å². The van der Waals surface area contributed by atoms with Gasteiger partial charge in [0.15, 0.2) is 0 Å². The van der Waals surface area contributed by atoms with Crippen molar-refractivity contribution in [2.45, 2.75) is 52.4 Å². The molecule has 3 heterocycles. The predicted octanol–water partition coefficient (Wildman–Crippen LogP) is 17.0. The van der Waals surface area contributed by atoms with Gasteiger partial charge in [-0.2, -0.15) is 0 Å². The standard InChI is InChI=1S/C68H55BN2O/c1-5-6-22-51-41-65-56(55-31-19-20-34-64(55)72-65)44-61(51)70-59-37-35-49(45-23-11-7-12-24-45)39-57(59)69-58-40-50(46-25-13-8-14-26-46)36-38-60(58)71(63-43-52(68(2,3)4)42-62(70)66(63)69)67-53(47-27-15-9-16-28-47)32-21-33-54(67)48-29-17-10-18-30-48/h7-21,23-44H,5-6,22H2,1-4H3. The van der Waals surface area contributed by atoms with Crippen LogP contribution in [0.1, 0.15) is 51.7 Å². The number of aryl methyl sites for hydroxylation is 1. The van der Waals surface area contributed by atoms with E-state index in [0.717, 1.165) is 41.2 Å². The minimum absolute atomic E-state index is 0.101. The number of unbranched alkanes of at least 4 members (excludes halogenated alkanes) is 1. The Labute approximate surface area is 423 Å². The second-order valence-electron chi connectivity index (χ2n) is 20.7. The molecule has 4 heteroatoms. The zero-order valence-corrected chi connectivity index (χ0v) is 41.4. The fourth-order valence-electron chi connectivity index (χ4n) is 11.6. The molecule has 0 fully saturated rings. The Bertz CT molecular complexity index is 3780. The molecule has 0 N–H and O–H groups in total. The van der Waals surface area contributed by atoms with Crippen molar-refractivity contribution in [3.05, 3.63) is 236 Å². The third kappa shape index (κ3) is 7.27. The van der Waals surface area contributed by atoms with Crippen molar-refractivity contribution in [2.75, 3.05) is 9.80 Å². The number of para-hydroxylation sites is 2. The number of anilines is 6. The second-order valence-corrected chi connectivity index (χ2v) is 20.7. The first-order chi connectivity index (χ1) is 35.3. The number of nitrogens with zero attached hydrogens (tertiary/aromatic N) is 2. The van der Waals surface area contributed by atoms with Gasteiger partial charge in [0.25, 0.3) is 6.71 Å². The predicted molar refractivity (Wildman–Crippen MR) is 307 cm³/mol. The highest BCUT2D eigenvalue weighted by molar-refractivity contribution is 7.00. The summed E-state index contributed by atoms with van der Waals surface area (Å²) in [4.78, 5) is 5.29. The first-order valence-corrected chi connectivity index (χ1v) is 25.7. The second kappa shape index (κ2) is 17.5. The van der Waals surface area contributed by atoms with Crippen molar-refractivity contribution in [3.63, 3.8) is 0 Å². The smallest absolute Gasteiger partial charge is 0.252 e. The molecule has 11 aromatic rings. The molecule has 0 radical (unpaired) electrons. The van der Waals surface area contributed by atoms with Crippen LogP contribution in [-0.2, 0) is 11.8 Å². The van der Waals surface area contributed by atoms with Gasteiger partial charge in [0.2, 0.25) is 0 Å². The zero-order chi connectivity index (χ0) is 48.5. The summed E-state index contributed by atoms with van der Waals surface area (Å²) in [6.07, 6.45) is 3.08. The van der Waals surface area contributed by atoms with Crippen LogP contribution in [0.5, 0.6) is 0 Å². The van der Waals surface area contributed by atoms with Crippen molar-refractivity contribution < 1.29 is 4.42 Å². The third-order valence-corrected chi connectivity index (χ3v) is 15.2. The van der Waals surface area contributed by atoms with Gasteiger partial charge in [0, 0.05) is 44.6 Å². The first-order valence-electron chi connectivity index (χ1n) is 25.7. The summed E-state index contributed by atoms with van der Waals surface area (Å²) >= 11 is 0. The lowest BCUT2D eigenvalue weighted by atomic mass is 9.33. The molecule has 0 amide bonds. The number of furan rings is 1. The van der Waals surface area contributed by atoms with E-state index in [1.165, 1.54) is 106 Å². The highest BCUT2D eigenvalue weighted by Crippen LogP contribution is 2.52. The van der Waals surface area contributed by atoms with E-state index in [2.05, 4.69) is 262 Å². The van der Waals surface area contributed by atoms with E-state index in [4.69, 9.17) is 4.42 Å². The Kier molecular flexibility index (Phi) is 10.6. The van der Waals surface area contributed by atoms with Gasteiger partial charge in [-0.1, -0.05) is 216 Å². The molecular weight excluding hydrogens is 872 g/mol. The van der Waals surface area contributed by atoms with Crippen LogP contribution >= 0.6 is 0 Å². The average Bonchev–Trinajstić information content (AvgIpc) is 3.79. The van der Waals surface area contributed by atoms with Crippen molar-refractivity contribution >= 4 is 79.2 Å². The van der Waals surface area contributed by atoms with Gasteiger partial charge in [-0.15, -0.1) is 0 Å². The number of hydrogen-bond acceptors (Lipinski definition) is 3. The SMILES string of the molecule is CCCCc1cc2oc3ccccc3c2cc1N1c2ccc(-c3ccccc3)cc2B2c3cc(-c4ccccc4)ccc3N(c3c(-c4ccccc4)cccc3-c3ccccc3)c3cc(C(C)(C)C)cc1c32. The summed E-state index contributed by atoms with van der Waals surface area (Å²) < 4.78 is 6.67.